The largest absolute Gasteiger partial charge is 0.489 e. The number of ether oxygens (including phenoxy) is 1. The molecule has 0 radical (unpaired) electrons. The number of fused-ring (bicyclic) bond motifs is 1. The molecule has 5 aromatic rings. The van der Waals surface area contributed by atoms with Crippen molar-refractivity contribution in [3.8, 4) is 17.1 Å². The van der Waals surface area contributed by atoms with Crippen molar-refractivity contribution < 1.29 is 13.9 Å². The van der Waals surface area contributed by atoms with Gasteiger partial charge in [-0.3, -0.25) is 9.69 Å². The van der Waals surface area contributed by atoms with E-state index in [1.807, 2.05) is 84.9 Å². The minimum absolute atomic E-state index is 0.227. The average Bonchev–Trinajstić information content (AvgIpc) is 3.63. The van der Waals surface area contributed by atoms with Crippen LogP contribution in [0.1, 0.15) is 24.2 Å². The van der Waals surface area contributed by atoms with Crippen molar-refractivity contribution in [3.63, 3.8) is 0 Å². The minimum Gasteiger partial charge on any atom is -0.489 e. The summed E-state index contributed by atoms with van der Waals surface area (Å²) < 4.78 is 12.1. The van der Waals surface area contributed by atoms with Gasteiger partial charge in [-0.15, -0.1) is 0 Å². The van der Waals surface area contributed by atoms with Gasteiger partial charge in [-0.2, -0.15) is 0 Å². The summed E-state index contributed by atoms with van der Waals surface area (Å²) in [5, 5.41) is 4.29. The van der Waals surface area contributed by atoms with Gasteiger partial charge in [0.1, 0.15) is 36.0 Å². The zero-order valence-electron chi connectivity index (χ0n) is 21.4. The predicted octanol–water partition coefficient (Wildman–Crippen LogP) is 5.66. The third-order valence-electron chi connectivity index (χ3n) is 7.00. The number of carbonyl (C=O) groups excluding carboxylic acids is 1. The van der Waals surface area contributed by atoms with Crippen molar-refractivity contribution in [2.24, 2.45) is 5.73 Å². The lowest BCUT2D eigenvalue weighted by molar-refractivity contribution is -0.122. The number of aromatic nitrogens is 2. The van der Waals surface area contributed by atoms with E-state index < -0.39 is 0 Å². The molecule has 1 unspecified atom stereocenters. The second-order valence-electron chi connectivity index (χ2n) is 9.67. The average molecular weight is 520 g/mol. The van der Waals surface area contributed by atoms with Crippen LogP contribution in [-0.2, 0) is 17.9 Å². The first-order valence-electron chi connectivity index (χ1n) is 13.0. The van der Waals surface area contributed by atoms with Crippen molar-refractivity contribution in [2.75, 3.05) is 11.9 Å². The fourth-order valence-corrected chi connectivity index (χ4v) is 4.98. The Morgan fingerprint density at radius 3 is 2.69 bits per heavy atom. The van der Waals surface area contributed by atoms with E-state index in [4.69, 9.17) is 14.9 Å². The maximum atomic E-state index is 11.7. The summed E-state index contributed by atoms with van der Waals surface area (Å²) in [6.45, 7) is 1.92. The highest BCUT2D eigenvalue weighted by atomic mass is 16.5. The molecule has 3 heterocycles. The Morgan fingerprint density at radius 1 is 1.03 bits per heavy atom. The van der Waals surface area contributed by atoms with E-state index in [0.29, 0.717) is 19.0 Å². The number of likely N-dealkylation sites (tertiary alicyclic amines) is 1. The number of furan rings is 1. The van der Waals surface area contributed by atoms with Gasteiger partial charge in [-0.1, -0.05) is 30.3 Å². The van der Waals surface area contributed by atoms with Crippen molar-refractivity contribution in [3.05, 3.63) is 103 Å². The summed E-state index contributed by atoms with van der Waals surface area (Å²) in [4.78, 5) is 22.8. The Hall–Kier alpha value is -4.69. The molecule has 8 nitrogen and oxygen atoms in total. The summed E-state index contributed by atoms with van der Waals surface area (Å²) >= 11 is 0. The van der Waals surface area contributed by atoms with Gasteiger partial charge < -0.3 is 20.2 Å². The molecule has 1 fully saturated rings. The number of carbonyl (C=O) groups is 1. The number of rotatable bonds is 9. The molecule has 1 aliphatic heterocycles. The number of benzene rings is 3. The Bertz CT molecular complexity index is 1580. The van der Waals surface area contributed by atoms with Gasteiger partial charge >= 0.3 is 0 Å². The normalized spacial score (nSPS) is 15.4. The molecule has 1 amide bonds. The van der Waals surface area contributed by atoms with Crippen molar-refractivity contribution in [1.29, 1.82) is 0 Å². The second-order valence-corrected chi connectivity index (χ2v) is 9.67. The first kappa shape index (κ1) is 24.6. The number of hydrogen-bond acceptors (Lipinski definition) is 7. The van der Waals surface area contributed by atoms with E-state index in [2.05, 4.69) is 20.2 Å². The molecular formula is C31H29N5O3. The SMILES string of the molecule is NC(=O)C1CCCN1Cc1ccc(-c2ccc3ncnc(Nc4ccc(OCc5ccccc5)cc4)c3c2)o1. The van der Waals surface area contributed by atoms with Crippen LogP contribution in [0.3, 0.4) is 0 Å². The maximum absolute atomic E-state index is 11.7. The molecule has 39 heavy (non-hydrogen) atoms. The summed E-state index contributed by atoms with van der Waals surface area (Å²) in [5.41, 5.74) is 9.33. The number of anilines is 2. The van der Waals surface area contributed by atoms with Crippen LogP contribution in [0.2, 0.25) is 0 Å². The zero-order chi connectivity index (χ0) is 26.6. The van der Waals surface area contributed by atoms with Gasteiger partial charge in [0.15, 0.2) is 0 Å². The standard InChI is InChI=1S/C31H29N5O3/c32-30(37)28-7-4-16-36(28)18-25-13-15-29(39-25)22-8-14-27-26(17-22)31(34-20-33-27)35-23-9-11-24(12-10-23)38-19-21-5-2-1-3-6-21/h1-3,5-6,8-15,17,20,28H,4,7,16,18-19H2,(H2,32,37)(H,33,34,35). The molecule has 0 aliphatic carbocycles. The highest BCUT2D eigenvalue weighted by molar-refractivity contribution is 5.93. The molecule has 1 saturated heterocycles. The summed E-state index contributed by atoms with van der Waals surface area (Å²) in [7, 11) is 0. The Kier molecular flexibility index (Phi) is 6.93. The van der Waals surface area contributed by atoms with Gasteiger partial charge in [-0.25, -0.2) is 9.97 Å². The van der Waals surface area contributed by atoms with Crippen LogP contribution in [0, 0.1) is 0 Å². The van der Waals surface area contributed by atoms with E-state index in [1.54, 1.807) is 6.33 Å². The molecule has 1 aliphatic rings. The topological polar surface area (TPSA) is 107 Å². The third-order valence-corrected chi connectivity index (χ3v) is 7.00. The lowest BCUT2D eigenvalue weighted by Gasteiger charge is -2.20. The third kappa shape index (κ3) is 5.61. The van der Waals surface area contributed by atoms with Gasteiger partial charge in [0.2, 0.25) is 5.91 Å². The van der Waals surface area contributed by atoms with E-state index in [0.717, 1.165) is 64.4 Å². The molecule has 1 atom stereocenters. The lowest BCUT2D eigenvalue weighted by Crippen LogP contribution is -2.39. The number of primary amides is 1. The Labute approximate surface area is 226 Å². The Balaban J connectivity index is 1.17. The van der Waals surface area contributed by atoms with Crippen molar-refractivity contribution >= 4 is 28.3 Å². The fourth-order valence-electron chi connectivity index (χ4n) is 4.98. The number of nitrogens with one attached hydrogen (secondary N) is 1. The zero-order valence-corrected chi connectivity index (χ0v) is 21.4. The molecule has 2 aromatic heterocycles. The lowest BCUT2D eigenvalue weighted by atomic mass is 10.1. The number of hydrogen-bond donors (Lipinski definition) is 2. The molecule has 3 N–H and O–H groups in total. The number of nitrogens with two attached hydrogens (primary N) is 1. The molecule has 3 aromatic carbocycles. The summed E-state index contributed by atoms with van der Waals surface area (Å²) in [6, 6.07) is 27.6. The first-order chi connectivity index (χ1) is 19.1. The van der Waals surface area contributed by atoms with Gasteiger partial charge in [0, 0.05) is 16.6 Å². The first-order valence-corrected chi connectivity index (χ1v) is 13.0. The van der Waals surface area contributed by atoms with Gasteiger partial charge in [-0.05, 0) is 79.5 Å². The van der Waals surface area contributed by atoms with Crippen LogP contribution < -0.4 is 15.8 Å². The minimum atomic E-state index is -0.275. The van der Waals surface area contributed by atoms with Crippen LogP contribution in [0.15, 0.2) is 95.7 Å². The smallest absolute Gasteiger partial charge is 0.234 e. The van der Waals surface area contributed by atoms with E-state index in [1.165, 1.54) is 0 Å². The summed E-state index contributed by atoms with van der Waals surface area (Å²) in [6.07, 6.45) is 3.32. The van der Waals surface area contributed by atoms with Crippen LogP contribution in [0.5, 0.6) is 5.75 Å². The van der Waals surface area contributed by atoms with Crippen LogP contribution >= 0.6 is 0 Å². The number of amides is 1. The molecular weight excluding hydrogens is 490 g/mol. The Morgan fingerprint density at radius 2 is 1.87 bits per heavy atom. The summed E-state index contributed by atoms with van der Waals surface area (Å²) in [5.74, 6) is 2.77. The van der Waals surface area contributed by atoms with Crippen LogP contribution in [0.25, 0.3) is 22.2 Å². The van der Waals surface area contributed by atoms with E-state index in [-0.39, 0.29) is 11.9 Å². The van der Waals surface area contributed by atoms with Gasteiger partial charge in [0.05, 0.1) is 18.1 Å². The monoisotopic (exact) mass is 519 g/mol. The van der Waals surface area contributed by atoms with Crippen LogP contribution in [0.4, 0.5) is 11.5 Å². The molecule has 0 spiro atoms. The second kappa shape index (κ2) is 11.0. The molecule has 0 saturated carbocycles. The molecule has 6 rings (SSSR count). The highest BCUT2D eigenvalue weighted by Crippen LogP contribution is 2.31. The fraction of sp³-hybridized carbons (Fsp3) is 0.194. The molecule has 0 bridgehead atoms. The van der Waals surface area contributed by atoms with Gasteiger partial charge in [0.25, 0.3) is 0 Å². The highest BCUT2D eigenvalue weighted by Gasteiger charge is 2.29. The number of nitrogens with zero attached hydrogens (tertiary/aromatic N) is 3. The van der Waals surface area contributed by atoms with E-state index in [9.17, 15) is 4.79 Å². The maximum Gasteiger partial charge on any atom is 0.234 e. The quantitative estimate of drug-likeness (QED) is 0.259. The molecule has 8 heteroatoms. The predicted molar refractivity (Wildman–Crippen MR) is 150 cm³/mol. The van der Waals surface area contributed by atoms with Crippen molar-refractivity contribution in [1.82, 2.24) is 14.9 Å². The van der Waals surface area contributed by atoms with Crippen LogP contribution in [-0.4, -0.2) is 33.4 Å². The van der Waals surface area contributed by atoms with E-state index >= 15 is 0 Å². The molecule has 196 valence electrons. The van der Waals surface area contributed by atoms with Crippen molar-refractivity contribution in [2.45, 2.75) is 32.0 Å².